The molecule has 0 saturated carbocycles. The van der Waals surface area contributed by atoms with Gasteiger partial charge in [-0.3, -0.25) is 0 Å². The molecule has 2 rings (SSSR count). The molecule has 0 bridgehead atoms. The van der Waals surface area contributed by atoms with E-state index in [1.54, 1.807) is 0 Å². The van der Waals surface area contributed by atoms with Crippen LogP contribution in [0, 0.1) is 0 Å². The number of halogens is 2. The molecule has 8 heteroatoms. The zero-order chi connectivity index (χ0) is 26.9. The highest BCUT2D eigenvalue weighted by atomic mass is 35.5. The summed E-state index contributed by atoms with van der Waals surface area (Å²) >= 11 is 0. The second-order valence-corrected chi connectivity index (χ2v) is 11.1. The number of rotatable bonds is 27. The standard InChI is InChI=1S/C32H60N4O2.2ClH/c1-3-5-7-9-11-13-15-17-21-33-23-25-35(29-33)31-37-27-19-20-28-38-32-36-26-24-34(30-36)22-18-16-14-12-10-8-6-4-2;;/h23-26,29-30H,3-22,27-28,31-32H2,1-2H3;2*1H/q+2;;/p-2. The fourth-order valence-corrected chi connectivity index (χ4v) is 4.90. The molecule has 0 saturated heterocycles. The molecular weight excluding hydrogens is 543 g/mol. The first kappa shape index (κ1) is 38.9. The smallest absolute Gasteiger partial charge is 0.245 e. The molecule has 234 valence electrons. The van der Waals surface area contributed by atoms with E-state index in [1.165, 1.54) is 103 Å². The Morgan fingerprint density at radius 3 is 1.20 bits per heavy atom. The molecule has 40 heavy (non-hydrogen) atoms. The summed E-state index contributed by atoms with van der Waals surface area (Å²) in [6, 6.07) is 0. The van der Waals surface area contributed by atoms with Crippen molar-refractivity contribution in [3.63, 3.8) is 0 Å². The summed E-state index contributed by atoms with van der Waals surface area (Å²) < 4.78 is 20.6. The lowest BCUT2D eigenvalue weighted by Gasteiger charge is -2.03. The molecule has 2 heterocycles. The normalized spacial score (nSPS) is 10.9. The number of hydrogen-bond acceptors (Lipinski definition) is 2. The summed E-state index contributed by atoms with van der Waals surface area (Å²) in [6.45, 7) is 9.61. The largest absolute Gasteiger partial charge is 1.00 e. The van der Waals surface area contributed by atoms with Crippen molar-refractivity contribution in [2.75, 3.05) is 13.2 Å². The van der Waals surface area contributed by atoms with Crippen molar-refractivity contribution >= 4 is 0 Å². The number of hydrogen-bond donors (Lipinski definition) is 0. The summed E-state index contributed by atoms with van der Waals surface area (Å²) in [5.41, 5.74) is 0. The van der Waals surface area contributed by atoms with Gasteiger partial charge in [-0.15, -0.1) is 0 Å². The van der Waals surface area contributed by atoms with Gasteiger partial charge in [-0.2, -0.15) is 0 Å². The maximum Gasteiger partial charge on any atom is 0.245 e. The highest BCUT2D eigenvalue weighted by Gasteiger charge is 2.05. The first-order valence-electron chi connectivity index (χ1n) is 16.1. The zero-order valence-electron chi connectivity index (χ0n) is 25.8. The van der Waals surface area contributed by atoms with Gasteiger partial charge in [0.2, 0.25) is 12.7 Å². The molecule has 0 atom stereocenters. The van der Waals surface area contributed by atoms with E-state index in [2.05, 4.69) is 69.6 Å². The minimum atomic E-state index is 0. The van der Waals surface area contributed by atoms with Gasteiger partial charge < -0.3 is 34.3 Å². The molecule has 0 amide bonds. The van der Waals surface area contributed by atoms with Gasteiger partial charge in [0, 0.05) is 0 Å². The van der Waals surface area contributed by atoms with Crippen molar-refractivity contribution in [1.82, 2.24) is 9.13 Å². The third-order valence-electron chi connectivity index (χ3n) is 7.34. The highest BCUT2D eigenvalue weighted by Crippen LogP contribution is 2.10. The van der Waals surface area contributed by atoms with Crippen LogP contribution in [0.4, 0.5) is 0 Å². The number of unbranched alkanes of at least 4 members (excludes halogenated alkanes) is 15. The molecule has 0 aliphatic rings. The molecule has 0 aliphatic heterocycles. The maximum absolute atomic E-state index is 5.86. The summed E-state index contributed by atoms with van der Waals surface area (Å²) in [5, 5.41) is 0. The molecule has 0 N–H and O–H groups in total. The Bertz CT molecular complexity index is 720. The van der Waals surface area contributed by atoms with Crippen molar-refractivity contribution in [2.45, 2.75) is 156 Å². The van der Waals surface area contributed by atoms with Gasteiger partial charge in [0.05, 0.1) is 26.3 Å². The molecule has 6 nitrogen and oxygen atoms in total. The lowest BCUT2D eigenvalue weighted by Crippen LogP contribution is -3.00. The van der Waals surface area contributed by atoms with Gasteiger partial charge in [-0.25, -0.2) is 18.3 Å². The van der Waals surface area contributed by atoms with E-state index in [0.717, 1.165) is 39.1 Å². The van der Waals surface area contributed by atoms with Crippen LogP contribution in [-0.4, -0.2) is 22.3 Å². The van der Waals surface area contributed by atoms with E-state index in [1.807, 2.05) is 0 Å². The van der Waals surface area contributed by atoms with E-state index >= 15 is 0 Å². The summed E-state index contributed by atoms with van der Waals surface area (Å²) in [7, 11) is 0. The van der Waals surface area contributed by atoms with Crippen LogP contribution in [0.15, 0.2) is 37.4 Å². The Kier molecular flexibility index (Phi) is 27.3. The zero-order valence-corrected chi connectivity index (χ0v) is 27.3. The highest BCUT2D eigenvalue weighted by molar-refractivity contribution is 4.66. The lowest BCUT2D eigenvalue weighted by atomic mass is 10.1. The minimum absolute atomic E-state index is 0. The molecule has 2 aromatic rings. The minimum Gasteiger partial charge on any atom is -1.00 e. The van der Waals surface area contributed by atoms with E-state index in [-0.39, 0.29) is 24.8 Å². The van der Waals surface area contributed by atoms with Crippen LogP contribution in [0.2, 0.25) is 0 Å². The third-order valence-corrected chi connectivity index (χ3v) is 7.34. The molecule has 2 aromatic heterocycles. The molecule has 0 fully saturated rings. The van der Waals surface area contributed by atoms with Crippen LogP contribution in [0.1, 0.15) is 129 Å². The van der Waals surface area contributed by atoms with Gasteiger partial charge in [-0.05, 0) is 38.5 Å². The molecule has 0 unspecified atom stereocenters. The van der Waals surface area contributed by atoms with Gasteiger partial charge in [0.1, 0.15) is 24.8 Å². The lowest BCUT2D eigenvalue weighted by molar-refractivity contribution is -0.733. The van der Waals surface area contributed by atoms with Gasteiger partial charge in [-0.1, -0.05) is 90.9 Å². The van der Waals surface area contributed by atoms with Crippen molar-refractivity contribution in [3.8, 4) is 0 Å². The molecule has 0 spiro atoms. The first-order chi connectivity index (χ1) is 18.8. The fourth-order valence-electron chi connectivity index (χ4n) is 4.90. The summed E-state index contributed by atoms with van der Waals surface area (Å²) in [6.07, 6.45) is 36.8. The Balaban J connectivity index is 0.00000760. The average molecular weight is 604 g/mol. The fraction of sp³-hybridized carbons (Fsp3) is 0.812. The molecule has 0 aliphatic carbocycles. The first-order valence-corrected chi connectivity index (χ1v) is 16.1. The number of imidazole rings is 2. The molecule has 0 radical (unpaired) electrons. The van der Waals surface area contributed by atoms with Crippen molar-refractivity contribution in [3.05, 3.63) is 37.4 Å². The summed E-state index contributed by atoms with van der Waals surface area (Å²) in [4.78, 5) is 0. The van der Waals surface area contributed by atoms with E-state index in [0.29, 0.717) is 13.5 Å². The maximum atomic E-state index is 5.86. The van der Waals surface area contributed by atoms with Crippen LogP contribution in [0.3, 0.4) is 0 Å². The second-order valence-electron chi connectivity index (χ2n) is 11.1. The second kappa shape index (κ2) is 28.1. The van der Waals surface area contributed by atoms with E-state index < -0.39 is 0 Å². The van der Waals surface area contributed by atoms with Crippen LogP contribution in [0.5, 0.6) is 0 Å². The van der Waals surface area contributed by atoms with E-state index in [4.69, 9.17) is 9.47 Å². The van der Waals surface area contributed by atoms with Crippen LogP contribution in [-0.2, 0) is 36.0 Å². The van der Waals surface area contributed by atoms with Gasteiger partial charge >= 0.3 is 0 Å². The number of nitrogens with zero attached hydrogens (tertiary/aromatic N) is 4. The van der Waals surface area contributed by atoms with Gasteiger partial charge in [0.15, 0.2) is 13.5 Å². The molecular formula is C32H60Cl2N4O2. The third kappa shape index (κ3) is 20.7. The van der Waals surface area contributed by atoms with Crippen LogP contribution in [0.25, 0.3) is 0 Å². The van der Waals surface area contributed by atoms with Crippen molar-refractivity contribution in [1.29, 1.82) is 0 Å². The Morgan fingerprint density at radius 2 is 0.825 bits per heavy atom. The van der Waals surface area contributed by atoms with Crippen LogP contribution >= 0.6 is 0 Å². The SMILES string of the molecule is CCCCCCCCCCn1cc[n+](COCCCCOC[n+]2ccn(CCCCCCCCCC)c2)c1.[Cl-].[Cl-]. The van der Waals surface area contributed by atoms with Gasteiger partial charge in [0.25, 0.3) is 0 Å². The topological polar surface area (TPSA) is 36.1 Å². The molecule has 0 aromatic carbocycles. The van der Waals surface area contributed by atoms with Crippen molar-refractivity contribution in [2.24, 2.45) is 0 Å². The number of aryl methyl sites for hydroxylation is 2. The number of aromatic nitrogens is 4. The van der Waals surface area contributed by atoms with E-state index in [9.17, 15) is 0 Å². The number of ether oxygens (including phenoxy) is 2. The van der Waals surface area contributed by atoms with Crippen molar-refractivity contribution < 1.29 is 43.4 Å². The Morgan fingerprint density at radius 1 is 0.475 bits per heavy atom. The average Bonchev–Trinajstić information content (AvgIpc) is 3.58. The predicted octanol–water partition coefficient (Wildman–Crippen LogP) is 1.58. The quantitative estimate of drug-likeness (QED) is 0.115. The van der Waals surface area contributed by atoms with Crippen LogP contribution < -0.4 is 33.9 Å². The Hall–Kier alpha value is -1.08. The predicted molar refractivity (Wildman–Crippen MR) is 156 cm³/mol. The Labute approximate surface area is 258 Å². The summed E-state index contributed by atoms with van der Waals surface area (Å²) in [5.74, 6) is 0. The monoisotopic (exact) mass is 602 g/mol.